The quantitative estimate of drug-likeness (QED) is 0.232. The highest BCUT2D eigenvalue weighted by Crippen LogP contribution is 2.41. The summed E-state index contributed by atoms with van der Waals surface area (Å²) in [7, 11) is 0. The first-order valence-corrected chi connectivity index (χ1v) is 13.9. The first-order valence-electron chi connectivity index (χ1n) is 13.9. The first-order chi connectivity index (χ1) is 14.3. The Morgan fingerprint density at radius 1 is 0.517 bits per heavy atom. The van der Waals surface area contributed by atoms with Gasteiger partial charge in [-0.1, -0.05) is 104 Å². The summed E-state index contributed by atoms with van der Waals surface area (Å²) < 4.78 is 6.24. The zero-order chi connectivity index (χ0) is 20.6. The third kappa shape index (κ3) is 11.2. The molecule has 0 aromatic carbocycles. The minimum atomic E-state index is 0.589. The molecule has 172 valence electrons. The maximum atomic E-state index is 6.24. The summed E-state index contributed by atoms with van der Waals surface area (Å²) in [4.78, 5) is 0. The summed E-state index contributed by atoms with van der Waals surface area (Å²) in [6, 6.07) is 0. The van der Waals surface area contributed by atoms with E-state index in [1.807, 2.05) is 0 Å². The van der Waals surface area contributed by atoms with E-state index in [1.54, 1.807) is 0 Å². The molecule has 2 fully saturated rings. The molecule has 0 bridgehead atoms. The van der Waals surface area contributed by atoms with Crippen molar-refractivity contribution in [2.24, 2.45) is 17.8 Å². The van der Waals surface area contributed by atoms with Crippen LogP contribution in [-0.2, 0) is 4.74 Å². The van der Waals surface area contributed by atoms with Crippen LogP contribution in [-0.4, -0.2) is 12.7 Å². The molecule has 0 aliphatic heterocycles. The molecule has 1 nitrogen and oxygen atoms in total. The predicted octanol–water partition coefficient (Wildman–Crippen LogP) is 9.48. The van der Waals surface area contributed by atoms with E-state index in [4.69, 9.17) is 4.74 Å². The SMILES string of the molecule is CCCCCCCCCCOC1CCC(C2CCC(CCCCCC)CC2)CC1. The molecular weight excluding hydrogens is 352 g/mol. The molecule has 2 saturated carbocycles. The Balaban J connectivity index is 1.43. The number of rotatable bonds is 16. The molecule has 1 heteroatoms. The Morgan fingerprint density at radius 3 is 1.59 bits per heavy atom. The van der Waals surface area contributed by atoms with Gasteiger partial charge in [-0.15, -0.1) is 0 Å². The molecule has 0 unspecified atom stereocenters. The third-order valence-electron chi connectivity index (χ3n) is 8.09. The molecule has 2 aliphatic rings. The van der Waals surface area contributed by atoms with Crippen molar-refractivity contribution in [2.75, 3.05) is 6.61 Å². The molecule has 0 atom stereocenters. The minimum Gasteiger partial charge on any atom is -0.378 e. The van der Waals surface area contributed by atoms with Gasteiger partial charge in [0, 0.05) is 6.61 Å². The Bertz CT molecular complexity index is 349. The summed E-state index contributed by atoms with van der Waals surface area (Å²) in [6.45, 7) is 5.64. The Hall–Kier alpha value is -0.0400. The standard InChI is InChI=1S/C28H54O/c1-3-5-7-9-10-11-12-14-24-29-28-22-20-27(21-23-28)26-18-16-25(17-19-26)15-13-8-6-4-2/h25-28H,3-24H2,1-2H3. The summed E-state index contributed by atoms with van der Waals surface area (Å²) >= 11 is 0. The van der Waals surface area contributed by atoms with Gasteiger partial charge >= 0.3 is 0 Å². The van der Waals surface area contributed by atoms with Gasteiger partial charge in [-0.2, -0.15) is 0 Å². The predicted molar refractivity (Wildman–Crippen MR) is 129 cm³/mol. The average molecular weight is 407 g/mol. The molecule has 2 rings (SSSR count). The Labute approximate surface area is 184 Å². The van der Waals surface area contributed by atoms with Crippen molar-refractivity contribution in [3.8, 4) is 0 Å². The lowest BCUT2D eigenvalue weighted by Crippen LogP contribution is -2.28. The van der Waals surface area contributed by atoms with E-state index >= 15 is 0 Å². The zero-order valence-electron chi connectivity index (χ0n) is 20.3. The van der Waals surface area contributed by atoms with Crippen LogP contribution < -0.4 is 0 Å². The van der Waals surface area contributed by atoms with Gasteiger partial charge in [-0.05, 0) is 62.7 Å². The Kier molecular flexibility index (Phi) is 14.5. The zero-order valence-corrected chi connectivity index (χ0v) is 20.3. The minimum absolute atomic E-state index is 0.589. The fourth-order valence-corrected chi connectivity index (χ4v) is 6.02. The molecule has 2 aliphatic carbocycles. The molecular formula is C28H54O. The lowest BCUT2D eigenvalue weighted by molar-refractivity contribution is 0.00526. The van der Waals surface area contributed by atoms with Crippen molar-refractivity contribution >= 4 is 0 Å². The van der Waals surface area contributed by atoms with Crippen LogP contribution in [0.2, 0.25) is 0 Å². The van der Waals surface area contributed by atoms with Crippen molar-refractivity contribution < 1.29 is 4.74 Å². The monoisotopic (exact) mass is 406 g/mol. The molecule has 0 N–H and O–H groups in total. The number of ether oxygens (including phenoxy) is 1. The fraction of sp³-hybridized carbons (Fsp3) is 1.00. The number of hydrogen-bond acceptors (Lipinski definition) is 1. The van der Waals surface area contributed by atoms with Crippen LogP contribution in [0.1, 0.15) is 149 Å². The van der Waals surface area contributed by atoms with Crippen molar-refractivity contribution in [3.63, 3.8) is 0 Å². The molecule has 0 aromatic heterocycles. The topological polar surface area (TPSA) is 9.23 Å². The normalized spacial score (nSPS) is 27.9. The van der Waals surface area contributed by atoms with Crippen molar-refractivity contribution in [3.05, 3.63) is 0 Å². The second-order valence-electron chi connectivity index (χ2n) is 10.5. The third-order valence-corrected chi connectivity index (χ3v) is 8.09. The summed E-state index contributed by atoms with van der Waals surface area (Å²) in [5.74, 6) is 3.14. The number of hydrogen-bond donors (Lipinski definition) is 0. The van der Waals surface area contributed by atoms with Crippen LogP contribution in [0.15, 0.2) is 0 Å². The lowest BCUT2D eigenvalue weighted by Gasteiger charge is -2.38. The molecule has 0 saturated heterocycles. The fourth-order valence-electron chi connectivity index (χ4n) is 6.02. The van der Waals surface area contributed by atoms with E-state index in [-0.39, 0.29) is 0 Å². The van der Waals surface area contributed by atoms with Crippen molar-refractivity contribution in [2.45, 2.75) is 155 Å². The lowest BCUT2D eigenvalue weighted by atomic mass is 9.70. The van der Waals surface area contributed by atoms with E-state index in [0.29, 0.717) is 6.10 Å². The van der Waals surface area contributed by atoms with Crippen molar-refractivity contribution in [1.82, 2.24) is 0 Å². The van der Waals surface area contributed by atoms with Gasteiger partial charge in [-0.25, -0.2) is 0 Å². The van der Waals surface area contributed by atoms with Crippen LogP contribution in [0.5, 0.6) is 0 Å². The molecule has 29 heavy (non-hydrogen) atoms. The summed E-state index contributed by atoms with van der Waals surface area (Å²) in [5, 5.41) is 0. The summed E-state index contributed by atoms with van der Waals surface area (Å²) in [6.07, 6.45) is 30.8. The summed E-state index contributed by atoms with van der Waals surface area (Å²) in [5.41, 5.74) is 0. The van der Waals surface area contributed by atoms with Gasteiger partial charge in [0.05, 0.1) is 6.10 Å². The van der Waals surface area contributed by atoms with E-state index in [9.17, 15) is 0 Å². The van der Waals surface area contributed by atoms with Crippen LogP contribution in [0, 0.1) is 17.8 Å². The van der Waals surface area contributed by atoms with Gasteiger partial charge in [0.25, 0.3) is 0 Å². The van der Waals surface area contributed by atoms with Gasteiger partial charge in [-0.3, -0.25) is 0 Å². The van der Waals surface area contributed by atoms with Crippen LogP contribution >= 0.6 is 0 Å². The van der Waals surface area contributed by atoms with Gasteiger partial charge in [0.2, 0.25) is 0 Å². The van der Waals surface area contributed by atoms with E-state index in [1.165, 1.54) is 135 Å². The highest BCUT2D eigenvalue weighted by Gasteiger charge is 2.30. The van der Waals surface area contributed by atoms with E-state index in [2.05, 4.69) is 13.8 Å². The first kappa shape index (κ1) is 25.2. The van der Waals surface area contributed by atoms with Crippen LogP contribution in [0.4, 0.5) is 0 Å². The smallest absolute Gasteiger partial charge is 0.0575 e. The van der Waals surface area contributed by atoms with E-state index in [0.717, 1.165) is 24.4 Å². The Morgan fingerprint density at radius 2 is 1.00 bits per heavy atom. The number of unbranched alkanes of at least 4 members (excludes halogenated alkanes) is 10. The maximum Gasteiger partial charge on any atom is 0.0575 e. The highest BCUT2D eigenvalue weighted by molar-refractivity contribution is 4.82. The molecule has 0 radical (unpaired) electrons. The van der Waals surface area contributed by atoms with Gasteiger partial charge in [0.15, 0.2) is 0 Å². The second kappa shape index (κ2) is 16.6. The van der Waals surface area contributed by atoms with Crippen LogP contribution in [0.25, 0.3) is 0 Å². The van der Waals surface area contributed by atoms with Crippen LogP contribution in [0.3, 0.4) is 0 Å². The largest absolute Gasteiger partial charge is 0.378 e. The molecule has 0 spiro atoms. The molecule has 0 aromatic rings. The average Bonchev–Trinajstić information content (AvgIpc) is 2.76. The van der Waals surface area contributed by atoms with E-state index < -0.39 is 0 Å². The van der Waals surface area contributed by atoms with Gasteiger partial charge < -0.3 is 4.74 Å². The highest BCUT2D eigenvalue weighted by atomic mass is 16.5. The second-order valence-corrected chi connectivity index (χ2v) is 10.5. The molecule has 0 heterocycles. The molecule has 0 amide bonds. The van der Waals surface area contributed by atoms with Gasteiger partial charge in [0.1, 0.15) is 0 Å². The van der Waals surface area contributed by atoms with Crippen molar-refractivity contribution in [1.29, 1.82) is 0 Å². The maximum absolute atomic E-state index is 6.24.